The highest BCUT2D eigenvalue weighted by Gasteiger charge is 2.28. The number of hydrogen-bond acceptors (Lipinski definition) is 3. The summed E-state index contributed by atoms with van der Waals surface area (Å²) in [6.07, 6.45) is 1.07. The van der Waals surface area contributed by atoms with Crippen molar-refractivity contribution in [3.05, 3.63) is 83.4 Å². The minimum atomic E-state index is -3.81. The van der Waals surface area contributed by atoms with E-state index in [0.29, 0.717) is 11.3 Å². The average Bonchev–Trinajstić information content (AvgIpc) is 2.64. The first-order valence-electron chi connectivity index (χ1n) is 8.70. The zero-order valence-corrected chi connectivity index (χ0v) is 16.7. The number of anilines is 2. The van der Waals surface area contributed by atoms with Crippen LogP contribution >= 0.6 is 0 Å². The van der Waals surface area contributed by atoms with Gasteiger partial charge in [0.05, 0.1) is 23.2 Å². The van der Waals surface area contributed by atoms with Crippen LogP contribution in [0.3, 0.4) is 0 Å². The van der Waals surface area contributed by atoms with Gasteiger partial charge in [-0.05, 0) is 48.7 Å². The number of hydrogen-bond donors (Lipinski definition) is 1. The van der Waals surface area contributed by atoms with Crippen molar-refractivity contribution >= 4 is 27.4 Å². The van der Waals surface area contributed by atoms with Gasteiger partial charge in [-0.1, -0.05) is 48.5 Å². The molecule has 0 saturated heterocycles. The quantitative estimate of drug-likeness (QED) is 0.675. The largest absolute Gasteiger partial charge is 0.478 e. The van der Waals surface area contributed by atoms with Crippen LogP contribution in [0, 0.1) is 13.8 Å². The maximum absolute atomic E-state index is 12.8. The van der Waals surface area contributed by atoms with Crippen LogP contribution in [-0.4, -0.2) is 25.7 Å². The first-order valence-corrected chi connectivity index (χ1v) is 10.5. The van der Waals surface area contributed by atoms with Gasteiger partial charge in [0.25, 0.3) is 0 Å². The van der Waals surface area contributed by atoms with Crippen molar-refractivity contribution in [3.8, 4) is 11.1 Å². The van der Waals surface area contributed by atoms with Crippen LogP contribution in [0.2, 0.25) is 0 Å². The number of carboxylic acid groups (broad SMARTS) is 1. The second-order valence-electron chi connectivity index (χ2n) is 6.62. The number of rotatable bonds is 5. The summed E-state index contributed by atoms with van der Waals surface area (Å²) in [7, 11) is -3.81. The Morgan fingerprint density at radius 3 is 2.07 bits per heavy atom. The lowest BCUT2D eigenvalue weighted by Crippen LogP contribution is -2.27. The van der Waals surface area contributed by atoms with Crippen molar-refractivity contribution in [2.75, 3.05) is 10.6 Å². The van der Waals surface area contributed by atoms with E-state index >= 15 is 0 Å². The second kappa shape index (κ2) is 7.48. The van der Waals surface area contributed by atoms with E-state index in [1.165, 1.54) is 6.07 Å². The number of benzene rings is 3. The molecule has 144 valence electrons. The number of para-hydroxylation sites is 2. The molecular formula is C22H21NO4S. The number of aromatic carboxylic acids is 1. The van der Waals surface area contributed by atoms with Gasteiger partial charge in [0.15, 0.2) is 0 Å². The molecule has 0 radical (unpaired) electrons. The fraction of sp³-hybridized carbons (Fsp3) is 0.136. The van der Waals surface area contributed by atoms with E-state index in [4.69, 9.17) is 0 Å². The van der Waals surface area contributed by atoms with E-state index in [-0.39, 0.29) is 11.3 Å². The molecule has 0 amide bonds. The van der Waals surface area contributed by atoms with Crippen molar-refractivity contribution in [1.29, 1.82) is 0 Å². The van der Waals surface area contributed by atoms with E-state index in [0.717, 1.165) is 27.3 Å². The first kappa shape index (κ1) is 19.6. The topological polar surface area (TPSA) is 74.7 Å². The summed E-state index contributed by atoms with van der Waals surface area (Å²) in [5.41, 5.74) is 3.79. The Labute approximate surface area is 164 Å². The molecule has 0 aliphatic carbocycles. The third-order valence-corrected chi connectivity index (χ3v) is 5.74. The van der Waals surface area contributed by atoms with Gasteiger partial charge in [0, 0.05) is 5.56 Å². The zero-order valence-electron chi connectivity index (χ0n) is 15.9. The molecule has 0 bridgehead atoms. The molecule has 0 aliphatic heterocycles. The van der Waals surface area contributed by atoms with Gasteiger partial charge in [0.2, 0.25) is 10.0 Å². The van der Waals surface area contributed by atoms with E-state index in [1.54, 1.807) is 42.5 Å². The molecule has 1 N–H and O–H groups in total. The number of carboxylic acids is 1. The molecule has 0 aromatic heterocycles. The molecule has 0 unspecified atom stereocenters. The number of nitrogens with zero attached hydrogens (tertiary/aromatic N) is 1. The smallest absolute Gasteiger partial charge is 0.337 e. The van der Waals surface area contributed by atoms with Gasteiger partial charge in [0.1, 0.15) is 0 Å². The predicted octanol–water partition coefficient (Wildman–Crippen LogP) is 4.77. The van der Waals surface area contributed by atoms with E-state index < -0.39 is 16.0 Å². The Bertz CT molecular complexity index is 1140. The van der Waals surface area contributed by atoms with Gasteiger partial charge in [-0.2, -0.15) is 0 Å². The molecule has 3 rings (SSSR count). The van der Waals surface area contributed by atoms with Gasteiger partial charge in [-0.15, -0.1) is 0 Å². The summed E-state index contributed by atoms with van der Waals surface area (Å²) in [4.78, 5) is 12.0. The third kappa shape index (κ3) is 3.64. The highest BCUT2D eigenvalue weighted by atomic mass is 32.2. The minimum absolute atomic E-state index is 0.0762. The Balaban J connectivity index is 2.44. The second-order valence-corrected chi connectivity index (χ2v) is 8.45. The van der Waals surface area contributed by atoms with Crippen molar-refractivity contribution in [2.24, 2.45) is 0 Å². The zero-order chi connectivity index (χ0) is 20.5. The van der Waals surface area contributed by atoms with Crippen LogP contribution < -0.4 is 4.31 Å². The summed E-state index contributed by atoms with van der Waals surface area (Å²) in [5.74, 6) is -1.19. The van der Waals surface area contributed by atoms with E-state index in [9.17, 15) is 18.3 Å². The first-order chi connectivity index (χ1) is 13.2. The highest BCUT2D eigenvalue weighted by molar-refractivity contribution is 7.92. The number of aryl methyl sites for hydroxylation is 1. The Hall–Kier alpha value is -3.12. The summed E-state index contributed by atoms with van der Waals surface area (Å²) < 4.78 is 26.7. The SMILES string of the molecule is Cc1cccc(-c2cccc(C(=O)O)c2N(c2ccccc2)S(C)(=O)=O)c1C. The number of sulfonamides is 1. The summed E-state index contributed by atoms with van der Waals surface area (Å²) in [6.45, 7) is 3.90. The fourth-order valence-corrected chi connectivity index (χ4v) is 4.28. The normalized spacial score (nSPS) is 11.2. The van der Waals surface area contributed by atoms with Crippen molar-refractivity contribution in [3.63, 3.8) is 0 Å². The standard InChI is InChI=1S/C22H21NO4S/c1-15-9-7-12-18(16(15)2)19-13-8-14-20(22(24)25)21(19)23(28(3,26)27)17-10-5-4-6-11-17/h4-14H,1-3H3,(H,24,25). The van der Waals surface area contributed by atoms with E-state index in [2.05, 4.69) is 0 Å². The fourth-order valence-electron chi connectivity index (χ4n) is 3.24. The molecule has 0 fully saturated rings. The van der Waals surface area contributed by atoms with Crippen LogP contribution in [0.4, 0.5) is 11.4 Å². The predicted molar refractivity (Wildman–Crippen MR) is 112 cm³/mol. The maximum atomic E-state index is 12.8. The molecule has 3 aromatic carbocycles. The number of carbonyl (C=O) groups is 1. The van der Waals surface area contributed by atoms with Crippen LogP contribution in [0.15, 0.2) is 66.7 Å². The van der Waals surface area contributed by atoms with Crippen molar-refractivity contribution in [1.82, 2.24) is 0 Å². The molecule has 6 heteroatoms. The van der Waals surface area contributed by atoms with Crippen LogP contribution in [-0.2, 0) is 10.0 Å². The van der Waals surface area contributed by atoms with Gasteiger partial charge < -0.3 is 5.11 Å². The lowest BCUT2D eigenvalue weighted by molar-refractivity contribution is 0.0698. The molecule has 0 heterocycles. The van der Waals surface area contributed by atoms with Crippen LogP contribution in [0.5, 0.6) is 0 Å². The van der Waals surface area contributed by atoms with E-state index in [1.807, 2.05) is 32.0 Å². The molecule has 3 aromatic rings. The Morgan fingerprint density at radius 2 is 1.46 bits per heavy atom. The molecular weight excluding hydrogens is 374 g/mol. The summed E-state index contributed by atoms with van der Waals surface area (Å²) in [6, 6.07) is 19.0. The van der Waals surface area contributed by atoms with Gasteiger partial charge in [-0.25, -0.2) is 17.5 Å². The van der Waals surface area contributed by atoms with Crippen LogP contribution in [0.25, 0.3) is 11.1 Å². The summed E-state index contributed by atoms with van der Waals surface area (Å²) in [5, 5.41) is 9.80. The van der Waals surface area contributed by atoms with Crippen LogP contribution in [0.1, 0.15) is 21.5 Å². The van der Waals surface area contributed by atoms with Crippen molar-refractivity contribution in [2.45, 2.75) is 13.8 Å². The monoisotopic (exact) mass is 395 g/mol. The third-order valence-electron chi connectivity index (χ3n) is 4.69. The molecule has 0 atom stereocenters. The molecule has 5 nitrogen and oxygen atoms in total. The minimum Gasteiger partial charge on any atom is -0.478 e. The maximum Gasteiger partial charge on any atom is 0.337 e. The molecule has 0 spiro atoms. The van der Waals surface area contributed by atoms with Gasteiger partial charge in [-0.3, -0.25) is 0 Å². The molecule has 28 heavy (non-hydrogen) atoms. The summed E-state index contributed by atoms with van der Waals surface area (Å²) >= 11 is 0. The highest BCUT2D eigenvalue weighted by Crippen LogP contribution is 2.41. The average molecular weight is 395 g/mol. The Morgan fingerprint density at radius 1 is 0.857 bits per heavy atom. The Kier molecular flexibility index (Phi) is 5.25. The molecule has 0 aliphatic rings. The van der Waals surface area contributed by atoms with Gasteiger partial charge >= 0.3 is 5.97 Å². The van der Waals surface area contributed by atoms with Crippen molar-refractivity contribution < 1.29 is 18.3 Å². The molecule has 0 saturated carbocycles. The lowest BCUT2D eigenvalue weighted by atomic mass is 9.94. The lowest BCUT2D eigenvalue weighted by Gasteiger charge is -2.27.